The summed E-state index contributed by atoms with van der Waals surface area (Å²) >= 11 is 1.29. The number of thioether (sulfide) groups is 1. The van der Waals surface area contributed by atoms with Crippen LogP contribution in [0.1, 0.15) is 21.7 Å². The maximum atomic E-state index is 12.7. The monoisotopic (exact) mass is 367 g/mol. The molecule has 0 spiro atoms. The minimum absolute atomic E-state index is 0.0313. The average Bonchev–Trinajstić information content (AvgIpc) is 2.90. The number of para-hydroxylation sites is 1. The van der Waals surface area contributed by atoms with Crippen LogP contribution in [0.25, 0.3) is 10.9 Å². The van der Waals surface area contributed by atoms with Crippen LogP contribution in [0.3, 0.4) is 0 Å². The van der Waals surface area contributed by atoms with Gasteiger partial charge in [-0.15, -0.1) is 6.58 Å². The summed E-state index contributed by atoms with van der Waals surface area (Å²) in [6.45, 7) is 7.99. The van der Waals surface area contributed by atoms with Crippen molar-refractivity contribution in [1.29, 1.82) is 0 Å². The molecule has 0 saturated heterocycles. The maximum Gasteiger partial charge on any atom is 0.262 e. The van der Waals surface area contributed by atoms with E-state index >= 15 is 0 Å². The van der Waals surface area contributed by atoms with Gasteiger partial charge in [-0.2, -0.15) is 0 Å². The molecule has 3 aromatic rings. The van der Waals surface area contributed by atoms with Crippen LogP contribution >= 0.6 is 11.8 Å². The smallest absolute Gasteiger partial charge is 0.262 e. The Balaban J connectivity index is 1.94. The molecule has 6 heteroatoms. The Morgan fingerprint density at radius 2 is 2.04 bits per heavy atom. The number of aromatic nitrogens is 3. The molecule has 0 N–H and O–H groups in total. The summed E-state index contributed by atoms with van der Waals surface area (Å²) in [4.78, 5) is 30.0. The minimum Gasteiger partial charge on any atom is -0.351 e. The lowest BCUT2D eigenvalue weighted by molar-refractivity contribution is 0.102. The van der Waals surface area contributed by atoms with Gasteiger partial charge in [-0.25, -0.2) is 4.98 Å². The number of nitrogens with zero attached hydrogens (tertiary/aromatic N) is 3. The lowest BCUT2D eigenvalue weighted by Crippen LogP contribution is -2.23. The van der Waals surface area contributed by atoms with Crippen LogP contribution in [-0.4, -0.2) is 25.7 Å². The zero-order valence-electron chi connectivity index (χ0n) is 15.2. The number of allylic oxidation sites excluding steroid dienone is 1. The molecular weight excluding hydrogens is 346 g/mol. The Kier molecular flexibility index (Phi) is 5.13. The highest BCUT2D eigenvalue weighted by atomic mass is 32.2. The van der Waals surface area contributed by atoms with Crippen molar-refractivity contribution in [3.63, 3.8) is 0 Å². The van der Waals surface area contributed by atoms with Crippen molar-refractivity contribution < 1.29 is 4.79 Å². The molecule has 0 aliphatic heterocycles. The molecule has 26 heavy (non-hydrogen) atoms. The number of ketones is 1. The molecule has 0 atom stereocenters. The van der Waals surface area contributed by atoms with Crippen LogP contribution in [0.2, 0.25) is 0 Å². The first-order valence-electron chi connectivity index (χ1n) is 8.33. The molecule has 0 aliphatic carbocycles. The molecule has 0 aliphatic rings. The molecule has 2 heterocycles. The largest absolute Gasteiger partial charge is 0.351 e. The highest BCUT2D eigenvalue weighted by molar-refractivity contribution is 7.99. The van der Waals surface area contributed by atoms with Crippen molar-refractivity contribution in [3.8, 4) is 0 Å². The lowest BCUT2D eigenvalue weighted by atomic mass is 10.2. The first-order valence-corrected chi connectivity index (χ1v) is 9.32. The van der Waals surface area contributed by atoms with Gasteiger partial charge in [0.25, 0.3) is 5.56 Å². The van der Waals surface area contributed by atoms with Crippen LogP contribution in [0, 0.1) is 13.8 Å². The van der Waals surface area contributed by atoms with Gasteiger partial charge in [0.2, 0.25) is 0 Å². The summed E-state index contributed by atoms with van der Waals surface area (Å²) in [6.07, 6.45) is 1.66. The Morgan fingerprint density at radius 3 is 2.69 bits per heavy atom. The Morgan fingerprint density at radius 1 is 1.31 bits per heavy atom. The topological polar surface area (TPSA) is 56.9 Å². The molecule has 0 bridgehead atoms. The quantitative estimate of drug-likeness (QED) is 0.290. The molecule has 0 fully saturated rings. The van der Waals surface area contributed by atoms with Crippen molar-refractivity contribution >= 4 is 28.4 Å². The van der Waals surface area contributed by atoms with Crippen LogP contribution < -0.4 is 5.56 Å². The first-order chi connectivity index (χ1) is 12.4. The maximum absolute atomic E-state index is 12.7. The third-order valence-electron chi connectivity index (χ3n) is 4.55. The highest BCUT2D eigenvalue weighted by Crippen LogP contribution is 2.21. The van der Waals surface area contributed by atoms with Crippen LogP contribution in [0.15, 0.2) is 52.9 Å². The first kappa shape index (κ1) is 18.2. The second kappa shape index (κ2) is 7.33. The van der Waals surface area contributed by atoms with Gasteiger partial charge >= 0.3 is 0 Å². The predicted molar refractivity (Wildman–Crippen MR) is 106 cm³/mol. The molecule has 0 radical (unpaired) electrons. The van der Waals surface area contributed by atoms with E-state index in [0.29, 0.717) is 22.6 Å². The Bertz CT molecular complexity index is 1060. The third-order valence-corrected chi connectivity index (χ3v) is 5.52. The van der Waals surface area contributed by atoms with Crippen molar-refractivity contribution in [1.82, 2.24) is 14.1 Å². The summed E-state index contributed by atoms with van der Waals surface area (Å²) in [6, 6.07) is 9.15. The van der Waals surface area contributed by atoms with Crippen LogP contribution in [0.5, 0.6) is 0 Å². The number of Topliss-reactive ketones (excluding diaryl/α,β-unsaturated/α-hetero) is 1. The predicted octanol–water partition coefficient (Wildman–Crippen LogP) is 3.51. The second-order valence-corrected chi connectivity index (χ2v) is 7.11. The van der Waals surface area contributed by atoms with Gasteiger partial charge in [0.05, 0.1) is 16.7 Å². The number of hydrogen-bond acceptors (Lipinski definition) is 4. The molecule has 134 valence electrons. The van der Waals surface area contributed by atoms with E-state index in [0.717, 1.165) is 17.0 Å². The minimum atomic E-state index is -0.114. The molecule has 1 aromatic carbocycles. The molecule has 3 rings (SSSR count). The van der Waals surface area contributed by atoms with Gasteiger partial charge in [0.15, 0.2) is 10.9 Å². The van der Waals surface area contributed by atoms with Gasteiger partial charge in [0.1, 0.15) is 0 Å². The number of hydrogen-bond donors (Lipinski definition) is 0. The molecule has 5 nitrogen and oxygen atoms in total. The average molecular weight is 367 g/mol. The fourth-order valence-corrected chi connectivity index (χ4v) is 3.79. The van der Waals surface area contributed by atoms with E-state index in [2.05, 4.69) is 11.6 Å². The number of carbonyl (C=O) groups is 1. The highest BCUT2D eigenvalue weighted by Gasteiger charge is 2.17. The fraction of sp³-hybridized carbons (Fsp3) is 0.250. The summed E-state index contributed by atoms with van der Waals surface area (Å²) < 4.78 is 3.57. The number of carbonyl (C=O) groups excluding carboxylic acids is 1. The molecule has 0 unspecified atom stereocenters. The normalized spacial score (nSPS) is 11.0. The SMILES string of the molecule is C=CCn1c(SCC(=O)c2cc(C)n(C)c2C)nc2ccccc2c1=O. The number of rotatable bonds is 6. The van der Waals surface area contributed by atoms with Gasteiger partial charge in [0, 0.05) is 30.5 Å². The van der Waals surface area contributed by atoms with Gasteiger partial charge in [-0.05, 0) is 32.0 Å². The Hall–Kier alpha value is -2.60. The van der Waals surface area contributed by atoms with Crippen LogP contribution in [-0.2, 0) is 13.6 Å². The van der Waals surface area contributed by atoms with E-state index in [-0.39, 0.29) is 17.1 Å². The second-order valence-electron chi connectivity index (χ2n) is 6.17. The van der Waals surface area contributed by atoms with E-state index in [4.69, 9.17) is 0 Å². The summed E-state index contributed by atoms with van der Waals surface area (Å²) in [5, 5.41) is 1.10. The number of aryl methyl sites for hydroxylation is 1. The van der Waals surface area contributed by atoms with Gasteiger partial charge in [-0.1, -0.05) is 30.0 Å². The lowest BCUT2D eigenvalue weighted by Gasteiger charge is -2.11. The van der Waals surface area contributed by atoms with E-state index in [1.54, 1.807) is 16.7 Å². The van der Waals surface area contributed by atoms with Crippen molar-refractivity contribution in [2.75, 3.05) is 5.75 Å². The van der Waals surface area contributed by atoms with E-state index in [1.165, 1.54) is 11.8 Å². The van der Waals surface area contributed by atoms with Crippen molar-refractivity contribution in [2.24, 2.45) is 7.05 Å². The molecule has 0 saturated carbocycles. The molecular formula is C20H21N3O2S. The molecule has 0 amide bonds. The zero-order chi connectivity index (χ0) is 18.8. The third kappa shape index (κ3) is 3.24. The fourth-order valence-electron chi connectivity index (χ4n) is 2.89. The summed E-state index contributed by atoms with van der Waals surface area (Å²) in [7, 11) is 1.95. The van der Waals surface area contributed by atoms with Gasteiger partial charge in [-0.3, -0.25) is 14.2 Å². The standard InChI is InChI=1S/C20H21N3O2S/c1-5-10-23-19(25)15-8-6-7-9-17(15)21-20(23)26-12-18(24)16-11-13(2)22(4)14(16)3/h5-9,11H,1,10,12H2,2-4H3. The Labute approximate surface area is 156 Å². The number of benzene rings is 1. The van der Waals surface area contributed by atoms with E-state index < -0.39 is 0 Å². The molecule has 2 aromatic heterocycles. The summed E-state index contributed by atoms with van der Waals surface area (Å²) in [5.74, 6) is 0.260. The van der Waals surface area contributed by atoms with Crippen LogP contribution in [0.4, 0.5) is 0 Å². The van der Waals surface area contributed by atoms with E-state index in [1.807, 2.05) is 49.7 Å². The number of fused-ring (bicyclic) bond motifs is 1. The zero-order valence-corrected chi connectivity index (χ0v) is 16.0. The summed E-state index contributed by atoms with van der Waals surface area (Å²) in [5.41, 5.74) is 3.24. The van der Waals surface area contributed by atoms with Gasteiger partial charge < -0.3 is 4.57 Å². The van der Waals surface area contributed by atoms with Crippen molar-refractivity contribution in [2.45, 2.75) is 25.5 Å². The van der Waals surface area contributed by atoms with E-state index in [9.17, 15) is 9.59 Å². The van der Waals surface area contributed by atoms with Crippen molar-refractivity contribution in [3.05, 3.63) is 70.3 Å².